The number of unbranched alkanes of at least 4 members (excludes halogenated alkanes) is 1. The second kappa shape index (κ2) is 11.1. The number of aromatic nitrogens is 3. The molecule has 0 radical (unpaired) electrons. The number of carbonyl (C=O) groups excluding carboxylic acids is 1. The van der Waals surface area contributed by atoms with Gasteiger partial charge in [0.2, 0.25) is 5.91 Å². The van der Waals surface area contributed by atoms with Gasteiger partial charge in [-0.15, -0.1) is 0 Å². The number of ether oxygens (including phenoxy) is 1. The van der Waals surface area contributed by atoms with Crippen LogP contribution in [0.2, 0.25) is 0 Å². The van der Waals surface area contributed by atoms with Crippen LogP contribution in [0.4, 0.5) is 5.69 Å². The number of fused-ring (bicyclic) bond motifs is 1. The maximum atomic E-state index is 13.3. The molecule has 0 saturated heterocycles. The number of hydrogen-bond acceptors (Lipinski definition) is 5. The maximum absolute atomic E-state index is 13.3. The van der Waals surface area contributed by atoms with E-state index in [9.17, 15) is 9.59 Å². The highest BCUT2D eigenvalue weighted by Crippen LogP contribution is 2.28. The number of H-pyrrole nitrogens is 1. The molecule has 34 heavy (non-hydrogen) atoms. The smallest absolute Gasteiger partial charge is 0.278 e. The Morgan fingerprint density at radius 1 is 1.12 bits per heavy atom. The highest BCUT2D eigenvalue weighted by molar-refractivity contribution is 7.99. The van der Waals surface area contributed by atoms with Crippen molar-refractivity contribution in [3.8, 4) is 16.9 Å². The predicted molar refractivity (Wildman–Crippen MR) is 138 cm³/mol. The quantitative estimate of drug-likeness (QED) is 0.239. The summed E-state index contributed by atoms with van der Waals surface area (Å²) >= 11 is 1.27. The molecule has 0 aliphatic heterocycles. The van der Waals surface area contributed by atoms with Gasteiger partial charge in [0, 0.05) is 24.0 Å². The zero-order valence-corrected chi connectivity index (χ0v) is 20.2. The molecule has 0 aliphatic rings. The average molecular weight is 477 g/mol. The maximum Gasteiger partial charge on any atom is 0.278 e. The van der Waals surface area contributed by atoms with Crippen LogP contribution in [0.15, 0.2) is 70.7 Å². The van der Waals surface area contributed by atoms with Crippen molar-refractivity contribution in [1.29, 1.82) is 0 Å². The lowest BCUT2D eigenvalue weighted by atomic mass is 10.1. The van der Waals surface area contributed by atoms with E-state index in [0.29, 0.717) is 35.0 Å². The number of benzene rings is 2. The Hall–Kier alpha value is -3.52. The predicted octanol–water partition coefficient (Wildman–Crippen LogP) is 5.32. The van der Waals surface area contributed by atoms with E-state index in [1.807, 2.05) is 55.6 Å². The summed E-state index contributed by atoms with van der Waals surface area (Å²) in [7, 11) is 0. The Balaban J connectivity index is 1.58. The molecule has 1 amide bonds. The summed E-state index contributed by atoms with van der Waals surface area (Å²) in [5.41, 5.74) is 3.54. The first-order chi connectivity index (χ1) is 16.6. The van der Waals surface area contributed by atoms with Crippen molar-refractivity contribution < 1.29 is 9.53 Å². The van der Waals surface area contributed by atoms with Gasteiger partial charge in [0.1, 0.15) is 16.8 Å². The lowest BCUT2D eigenvalue weighted by Crippen LogP contribution is -2.24. The van der Waals surface area contributed by atoms with Crippen LogP contribution in [0.3, 0.4) is 0 Å². The van der Waals surface area contributed by atoms with Crippen molar-refractivity contribution in [1.82, 2.24) is 14.5 Å². The van der Waals surface area contributed by atoms with E-state index in [-0.39, 0.29) is 17.2 Å². The first-order valence-corrected chi connectivity index (χ1v) is 12.4. The van der Waals surface area contributed by atoms with Crippen LogP contribution in [-0.4, -0.2) is 32.8 Å². The van der Waals surface area contributed by atoms with E-state index in [4.69, 9.17) is 9.72 Å². The number of amides is 1. The highest BCUT2D eigenvalue weighted by Gasteiger charge is 2.17. The fourth-order valence-corrected chi connectivity index (χ4v) is 4.48. The number of nitrogens with zero attached hydrogens (tertiary/aromatic N) is 2. The van der Waals surface area contributed by atoms with Gasteiger partial charge in [0.25, 0.3) is 5.56 Å². The molecule has 2 aromatic heterocycles. The normalized spacial score (nSPS) is 11.0. The van der Waals surface area contributed by atoms with Gasteiger partial charge in [-0.2, -0.15) is 0 Å². The summed E-state index contributed by atoms with van der Waals surface area (Å²) in [6.45, 7) is 5.15. The molecule has 0 bridgehead atoms. The van der Waals surface area contributed by atoms with E-state index in [1.165, 1.54) is 11.8 Å². The summed E-state index contributed by atoms with van der Waals surface area (Å²) in [6, 6.07) is 17.1. The van der Waals surface area contributed by atoms with Crippen LogP contribution >= 0.6 is 11.8 Å². The highest BCUT2D eigenvalue weighted by atomic mass is 32.2. The number of nitrogens with one attached hydrogen (secondary N) is 2. The molecule has 0 spiro atoms. The van der Waals surface area contributed by atoms with Crippen molar-refractivity contribution in [3.05, 3.63) is 71.1 Å². The molecule has 4 aromatic rings. The Labute approximate surface area is 202 Å². The zero-order chi connectivity index (χ0) is 23.9. The van der Waals surface area contributed by atoms with E-state index in [0.717, 1.165) is 29.7 Å². The second-order valence-electron chi connectivity index (χ2n) is 7.79. The summed E-state index contributed by atoms with van der Waals surface area (Å²) in [5, 5.41) is 3.44. The number of aromatic amines is 1. The average Bonchev–Trinajstić information content (AvgIpc) is 3.28. The third kappa shape index (κ3) is 5.34. The minimum atomic E-state index is -0.164. The van der Waals surface area contributed by atoms with Gasteiger partial charge < -0.3 is 15.0 Å². The van der Waals surface area contributed by atoms with Gasteiger partial charge >= 0.3 is 0 Å². The fraction of sp³-hybridized carbons (Fsp3) is 0.269. The lowest BCUT2D eigenvalue weighted by molar-refractivity contribution is -0.113. The third-order valence-electron chi connectivity index (χ3n) is 5.35. The van der Waals surface area contributed by atoms with Crippen molar-refractivity contribution in [3.63, 3.8) is 0 Å². The Bertz CT molecular complexity index is 1310. The number of hydrogen-bond donors (Lipinski definition) is 2. The van der Waals surface area contributed by atoms with Crippen LogP contribution in [-0.2, 0) is 11.3 Å². The first kappa shape index (κ1) is 23.6. The molecule has 0 unspecified atom stereocenters. The van der Waals surface area contributed by atoms with Crippen LogP contribution in [0.1, 0.15) is 26.7 Å². The topological polar surface area (TPSA) is 89.0 Å². The lowest BCUT2D eigenvalue weighted by Gasteiger charge is -2.12. The second-order valence-corrected chi connectivity index (χ2v) is 8.73. The molecule has 0 fully saturated rings. The van der Waals surface area contributed by atoms with Gasteiger partial charge in [-0.05, 0) is 43.2 Å². The SMILES string of the molecule is CCCCn1c(SCC(=O)Nc2ccc(OCC)cc2)nc2c(-c3ccccc3)c[nH]c2c1=O. The Morgan fingerprint density at radius 2 is 1.88 bits per heavy atom. The molecule has 0 saturated carbocycles. The van der Waals surface area contributed by atoms with Gasteiger partial charge in [0.15, 0.2) is 5.16 Å². The van der Waals surface area contributed by atoms with Crippen LogP contribution in [0.5, 0.6) is 5.75 Å². The van der Waals surface area contributed by atoms with Crippen molar-refractivity contribution in [2.75, 3.05) is 17.7 Å². The van der Waals surface area contributed by atoms with Gasteiger partial charge in [-0.3, -0.25) is 14.2 Å². The third-order valence-corrected chi connectivity index (χ3v) is 6.33. The van der Waals surface area contributed by atoms with E-state index in [2.05, 4.69) is 17.2 Å². The summed E-state index contributed by atoms with van der Waals surface area (Å²) in [4.78, 5) is 33.9. The van der Waals surface area contributed by atoms with E-state index < -0.39 is 0 Å². The molecule has 4 rings (SSSR count). The number of rotatable bonds is 10. The molecule has 0 aliphatic carbocycles. The van der Waals surface area contributed by atoms with Gasteiger partial charge in [-0.1, -0.05) is 55.4 Å². The van der Waals surface area contributed by atoms with Gasteiger partial charge in [0.05, 0.1) is 12.4 Å². The minimum Gasteiger partial charge on any atom is -0.494 e. The number of anilines is 1. The van der Waals surface area contributed by atoms with Crippen LogP contribution in [0.25, 0.3) is 22.2 Å². The number of thioether (sulfide) groups is 1. The number of carbonyl (C=O) groups is 1. The molecule has 2 N–H and O–H groups in total. The zero-order valence-electron chi connectivity index (χ0n) is 19.3. The van der Waals surface area contributed by atoms with Crippen molar-refractivity contribution in [2.24, 2.45) is 0 Å². The molecule has 0 atom stereocenters. The Morgan fingerprint density at radius 3 is 2.59 bits per heavy atom. The molecule has 8 heteroatoms. The molecule has 7 nitrogen and oxygen atoms in total. The van der Waals surface area contributed by atoms with E-state index >= 15 is 0 Å². The summed E-state index contributed by atoms with van der Waals surface area (Å²) in [5.74, 6) is 0.735. The standard InChI is InChI=1S/C26H28N4O3S/c1-3-5-15-30-25(32)24-23(21(16-27-24)18-9-7-6-8-10-18)29-26(30)34-17-22(31)28-19-11-13-20(14-12-19)33-4-2/h6-14,16,27H,3-5,15,17H2,1-2H3,(H,28,31). The Kier molecular flexibility index (Phi) is 7.69. The van der Waals surface area contributed by atoms with Crippen molar-refractivity contribution >= 4 is 34.4 Å². The largest absolute Gasteiger partial charge is 0.494 e. The van der Waals surface area contributed by atoms with Crippen LogP contribution < -0.4 is 15.6 Å². The van der Waals surface area contributed by atoms with Crippen LogP contribution in [0, 0.1) is 0 Å². The summed E-state index contributed by atoms with van der Waals surface area (Å²) in [6.07, 6.45) is 3.63. The monoisotopic (exact) mass is 476 g/mol. The summed E-state index contributed by atoms with van der Waals surface area (Å²) < 4.78 is 7.11. The van der Waals surface area contributed by atoms with Gasteiger partial charge in [-0.25, -0.2) is 4.98 Å². The molecule has 176 valence electrons. The van der Waals surface area contributed by atoms with Crippen molar-refractivity contribution in [2.45, 2.75) is 38.4 Å². The molecular formula is C26H28N4O3S. The fourth-order valence-electron chi connectivity index (χ4n) is 3.66. The minimum absolute atomic E-state index is 0.116. The van der Waals surface area contributed by atoms with E-state index in [1.54, 1.807) is 16.7 Å². The molecule has 2 heterocycles. The first-order valence-electron chi connectivity index (χ1n) is 11.4. The molecule has 2 aromatic carbocycles. The molecular weight excluding hydrogens is 448 g/mol.